The highest BCUT2D eigenvalue weighted by atomic mass is 32.1. The lowest BCUT2D eigenvalue weighted by atomic mass is 9.88. The predicted octanol–water partition coefficient (Wildman–Crippen LogP) is 6.25. The van der Waals surface area contributed by atoms with Crippen molar-refractivity contribution in [2.45, 2.75) is 39.0 Å². The summed E-state index contributed by atoms with van der Waals surface area (Å²) >= 11 is 4.68. The van der Waals surface area contributed by atoms with E-state index in [2.05, 4.69) is 71.8 Å². The highest BCUT2D eigenvalue weighted by molar-refractivity contribution is 7.78. The molecule has 0 atom stereocenters. The molecule has 23 heavy (non-hydrogen) atoms. The lowest BCUT2D eigenvalue weighted by Gasteiger charge is -2.17. The van der Waals surface area contributed by atoms with E-state index in [1.807, 2.05) is 6.07 Å². The third kappa shape index (κ3) is 3.85. The number of fused-ring (bicyclic) bond motifs is 1. The third-order valence-corrected chi connectivity index (χ3v) is 4.53. The number of unbranched alkanes of at least 4 members (excludes halogenated alkanes) is 1. The van der Waals surface area contributed by atoms with Gasteiger partial charge in [0, 0.05) is 0 Å². The number of rotatable bonds is 5. The molecule has 116 valence electrons. The number of hydrogen-bond acceptors (Lipinski definition) is 2. The van der Waals surface area contributed by atoms with Crippen molar-refractivity contribution >= 4 is 34.7 Å². The Labute approximate surface area is 143 Å². The summed E-state index contributed by atoms with van der Waals surface area (Å²) in [4.78, 5) is 4.07. The van der Waals surface area contributed by atoms with Gasteiger partial charge in [-0.15, -0.1) is 0 Å². The Morgan fingerprint density at radius 2 is 1.91 bits per heavy atom. The topological polar surface area (TPSA) is 12.4 Å². The molecule has 1 aliphatic carbocycles. The summed E-state index contributed by atoms with van der Waals surface area (Å²) in [5.41, 5.74) is 7.75. The van der Waals surface area contributed by atoms with Crippen molar-refractivity contribution in [1.82, 2.24) is 0 Å². The largest absolute Gasteiger partial charge is 0.195 e. The summed E-state index contributed by atoms with van der Waals surface area (Å²) in [7, 11) is 0. The lowest BCUT2D eigenvalue weighted by Crippen LogP contribution is -1.99. The van der Waals surface area contributed by atoms with Crippen LogP contribution in [0.5, 0.6) is 0 Å². The molecule has 3 rings (SSSR count). The highest BCUT2D eigenvalue weighted by Gasteiger charge is 2.12. The molecular weight excluding hydrogens is 298 g/mol. The first kappa shape index (κ1) is 15.9. The maximum absolute atomic E-state index is 4.68. The van der Waals surface area contributed by atoms with E-state index in [-0.39, 0.29) is 0 Å². The van der Waals surface area contributed by atoms with Gasteiger partial charge in [0.15, 0.2) is 0 Å². The fourth-order valence-corrected chi connectivity index (χ4v) is 3.20. The Balaban J connectivity index is 1.83. The number of nitrogens with zero attached hydrogens (tertiary/aromatic N) is 1. The monoisotopic (exact) mass is 319 g/mol. The molecule has 0 bridgehead atoms. The predicted molar refractivity (Wildman–Crippen MR) is 102 cm³/mol. The molecule has 0 fully saturated rings. The number of aryl methyl sites for hydroxylation is 2. The standard InChI is InChI=1S/C21H21NS/c1-2-3-4-16-5-7-17(8-6-16)18-9-10-20-14-21(22-15-23)12-11-19(20)13-18/h5-8,11-14H,2-4,9-10H2,1H3. The fourth-order valence-electron chi connectivity index (χ4n) is 3.09. The van der Waals surface area contributed by atoms with E-state index in [0.29, 0.717) is 0 Å². The van der Waals surface area contributed by atoms with Crippen LogP contribution in [-0.2, 0) is 12.8 Å². The van der Waals surface area contributed by atoms with Gasteiger partial charge < -0.3 is 0 Å². The second-order valence-electron chi connectivity index (χ2n) is 6.06. The van der Waals surface area contributed by atoms with Crippen LogP contribution in [0.2, 0.25) is 0 Å². The van der Waals surface area contributed by atoms with Crippen molar-refractivity contribution in [1.29, 1.82) is 0 Å². The minimum Gasteiger partial charge on any atom is -0.195 e. The summed E-state index contributed by atoms with van der Waals surface area (Å²) in [6, 6.07) is 15.4. The van der Waals surface area contributed by atoms with Crippen LogP contribution in [0.3, 0.4) is 0 Å². The summed E-state index contributed by atoms with van der Waals surface area (Å²) in [6.45, 7) is 2.24. The molecule has 0 N–H and O–H groups in total. The molecule has 2 aromatic carbocycles. The molecule has 2 heteroatoms. The molecule has 0 saturated carbocycles. The SMILES string of the molecule is CCCCc1ccc(C2=Cc3ccc(N=C=S)cc3CC2)cc1. The van der Waals surface area contributed by atoms with Crippen molar-refractivity contribution in [2.24, 2.45) is 4.99 Å². The van der Waals surface area contributed by atoms with Gasteiger partial charge in [-0.05, 0) is 77.9 Å². The van der Waals surface area contributed by atoms with Crippen LogP contribution >= 0.6 is 12.2 Å². The number of isothiocyanates is 1. The first-order valence-electron chi connectivity index (χ1n) is 8.31. The van der Waals surface area contributed by atoms with Crippen LogP contribution in [0.1, 0.15) is 48.4 Å². The molecule has 0 unspecified atom stereocenters. The van der Waals surface area contributed by atoms with Crippen LogP contribution in [0.15, 0.2) is 47.5 Å². The quantitative estimate of drug-likeness (QED) is 0.468. The fraction of sp³-hybridized carbons (Fsp3) is 0.286. The van der Waals surface area contributed by atoms with E-state index in [1.54, 1.807) is 0 Å². The second kappa shape index (κ2) is 7.50. The Morgan fingerprint density at radius 3 is 2.65 bits per heavy atom. The lowest BCUT2D eigenvalue weighted by molar-refractivity contribution is 0.795. The molecule has 0 radical (unpaired) electrons. The van der Waals surface area contributed by atoms with E-state index >= 15 is 0 Å². The molecule has 1 aliphatic rings. The molecule has 0 heterocycles. The Morgan fingerprint density at radius 1 is 1.09 bits per heavy atom. The van der Waals surface area contributed by atoms with Crippen LogP contribution in [0.4, 0.5) is 5.69 Å². The number of benzene rings is 2. The molecule has 0 aliphatic heterocycles. The van der Waals surface area contributed by atoms with Crippen molar-refractivity contribution in [2.75, 3.05) is 0 Å². The van der Waals surface area contributed by atoms with Gasteiger partial charge in [0.25, 0.3) is 0 Å². The average molecular weight is 319 g/mol. The second-order valence-corrected chi connectivity index (χ2v) is 6.24. The van der Waals surface area contributed by atoms with Crippen molar-refractivity contribution in [3.63, 3.8) is 0 Å². The van der Waals surface area contributed by atoms with Crippen molar-refractivity contribution < 1.29 is 0 Å². The Kier molecular flexibility index (Phi) is 5.17. The number of thiocarbonyl (C=S) groups is 1. The minimum atomic E-state index is 0.899. The number of allylic oxidation sites excluding steroid dienone is 1. The van der Waals surface area contributed by atoms with Crippen molar-refractivity contribution in [3.8, 4) is 0 Å². The van der Waals surface area contributed by atoms with Crippen LogP contribution in [0.25, 0.3) is 11.6 Å². The minimum absolute atomic E-state index is 0.899. The van der Waals surface area contributed by atoms with Crippen LogP contribution < -0.4 is 0 Å². The zero-order valence-electron chi connectivity index (χ0n) is 13.5. The molecule has 0 spiro atoms. The molecule has 0 amide bonds. The summed E-state index contributed by atoms with van der Waals surface area (Å²) < 4.78 is 0. The number of aliphatic imine (C=N–C) groups is 1. The normalized spacial score (nSPS) is 13.0. The Hall–Kier alpha value is -2.02. The van der Waals surface area contributed by atoms with E-state index in [0.717, 1.165) is 18.5 Å². The molecular formula is C21H21NS. The average Bonchev–Trinajstić information content (AvgIpc) is 2.60. The van der Waals surface area contributed by atoms with E-state index in [9.17, 15) is 0 Å². The van der Waals surface area contributed by atoms with Gasteiger partial charge in [0.1, 0.15) is 0 Å². The van der Waals surface area contributed by atoms with Gasteiger partial charge in [-0.3, -0.25) is 0 Å². The molecule has 0 aromatic heterocycles. The van der Waals surface area contributed by atoms with Gasteiger partial charge in [-0.25, -0.2) is 0 Å². The van der Waals surface area contributed by atoms with E-state index in [4.69, 9.17) is 0 Å². The van der Waals surface area contributed by atoms with Gasteiger partial charge in [0.2, 0.25) is 0 Å². The smallest absolute Gasteiger partial charge is 0.0742 e. The first-order chi connectivity index (χ1) is 11.3. The summed E-state index contributed by atoms with van der Waals surface area (Å²) in [5, 5.41) is 2.44. The maximum Gasteiger partial charge on any atom is 0.0742 e. The van der Waals surface area contributed by atoms with Gasteiger partial charge in [-0.2, -0.15) is 4.99 Å². The van der Waals surface area contributed by atoms with Crippen LogP contribution in [-0.4, -0.2) is 5.16 Å². The zero-order chi connectivity index (χ0) is 16.1. The Bertz CT molecular complexity index is 765. The van der Waals surface area contributed by atoms with E-state index < -0.39 is 0 Å². The molecule has 0 saturated heterocycles. The van der Waals surface area contributed by atoms with E-state index in [1.165, 1.54) is 47.1 Å². The first-order valence-corrected chi connectivity index (χ1v) is 8.71. The third-order valence-electron chi connectivity index (χ3n) is 4.44. The molecule has 1 nitrogen and oxygen atoms in total. The summed E-state index contributed by atoms with van der Waals surface area (Å²) in [5.74, 6) is 0. The highest BCUT2D eigenvalue weighted by Crippen LogP contribution is 2.32. The van der Waals surface area contributed by atoms with Gasteiger partial charge in [0.05, 0.1) is 10.8 Å². The molecule has 2 aromatic rings. The maximum atomic E-state index is 4.68. The van der Waals surface area contributed by atoms with Crippen molar-refractivity contribution in [3.05, 3.63) is 64.7 Å². The summed E-state index contributed by atoms with van der Waals surface area (Å²) in [6.07, 6.45) is 8.14. The van der Waals surface area contributed by atoms with Gasteiger partial charge >= 0.3 is 0 Å². The zero-order valence-corrected chi connectivity index (χ0v) is 14.3. The van der Waals surface area contributed by atoms with Crippen LogP contribution in [0, 0.1) is 0 Å². The number of hydrogen-bond donors (Lipinski definition) is 0. The van der Waals surface area contributed by atoms with Gasteiger partial charge in [-0.1, -0.05) is 49.8 Å².